The molecule has 9 heteroatoms. The molecule has 0 unspecified atom stereocenters. The molecule has 0 bridgehead atoms. The first-order chi connectivity index (χ1) is 11.8. The fourth-order valence-corrected chi connectivity index (χ4v) is 4.49. The summed E-state index contributed by atoms with van der Waals surface area (Å²) >= 11 is 0. The molecular weight excluding hydrogens is 342 g/mol. The first-order valence-corrected chi connectivity index (χ1v) is 9.67. The number of ether oxygens (including phenoxy) is 1. The van der Waals surface area contributed by atoms with Crippen molar-refractivity contribution in [1.82, 2.24) is 23.8 Å². The highest BCUT2D eigenvalue weighted by Gasteiger charge is 2.31. The average Bonchev–Trinajstić information content (AvgIpc) is 3.08. The monoisotopic (exact) mass is 365 g/mol. The van der Waals surface area contributed by atoms with Gasteiger partial charge in [0, 0.05) is 19.1 Å². The second-order valence-corrected chi connectivity index (χ2v) is 8.05. The van der Waals surface area contributed by atoms with Crippen LogP contribution in [0.15, 0.2) is 36.9 Å². The van der Waals surface area contributed by atoms with Crippen molar-refractivity contribution in [3.63, 3.8) is 0 Å². The molecule has 3 atom stereocenters. The van der Waals surface area contributed by atoms with Crippen LogP contribution < -0.4 is 4.72 Å². The Balaban J connectivity index is 1.69. The molecule has 1 N–H and O–H groups in total. The van der Waals surface area contributed by atoms with Crippen LogP contribution in [0.5, 0.6) is 0 Å². The number of benzene rings is 1. The van der Waals surface area contributed by atoms with E-state index in [0.717, 1.165) is 11.3 Å². The summed E-state index contributed by atoms with van der Waals surface area (Å²) in [6.07, 6.45) is 2.85. The molecule has 0 amide bonds. The Bertz CT molecular complexity index is 782. The molecular formula is C16H23N5O3S. The van der Waals surface area contributed by atoms with Crippen LogP contribution in [0.2, 0.25) is 0 Å². The SMILES string of the molecule is C[C@@H]1CN(S(=O)(=O)N[C@H](C)c2ccc(-n3cncn3)cc2)C[C@H](C)O1. The first-order valence-electron chi connectivity index (χ1n) is 8.23. The number of rotatable bonds is 5. The van der Waals surface area contributed by atoms with Gasteiger partial charge in [-0.1, -0.05) is 12.1 Å². The Kier molecular flexibility index (Phi) is 5.19. The van der Waals surface area contributed by atoms with Gasteiger partial charge in [-0.15, -0.1) is 0 Å². The predicted octanol–water partition coefficient (Wildman–Crippen LogP) is 1.27. The molecule has 1 aromatic carbocycles. The summed E-state index contributed by atoms with van der Waals surface area (Å²) in [6.45, 7) is 6.31. The molecule has 8 nitrogen and oxygen atoms in total. The highest BCUT2D eigenvalue weighted by Crippen LogP contribution is 2.19. The molecule has 1 aromatic heterocycles. The van der Waals surface area contributed by atoms with Gasteiger partial charge < -0.3 is 4.74 Å². The molecule has 1 fully saturated rings. The van der Waals surface area contributed by atoms with E-state index >= 15 is 0 Å². The molecule has 0 saturated carbocycles. The zero-order chi connectivity index (χ0) is 18.0. The molecule has 1 aliphatic heterocycles. The number of nitrogens with one attached hydrogen (secondary N) is 1. The van der Waals surface area contributed by atoms with Crippen molar-refractivity contribution >= 4 is 10.2 Å². The molecule has 2 aromatic rings. The van der Waals surface area contributed by atoms with Crippen LogP contribution in [0.1, 0.15) is 32.4 Å². The fraction of sp³-hybridized carbons (Fsp3) is 0.500. The lowest BCUT2D eigenvalue weighted by molar-refractivity contribution is -0.0444. The third-order valence-corrected chi connectivity index (χ3v) is 5.76. The molecule has 1 saturated heterocycles. The van der Waals surface area contributed by atoms with Gasteiger partial charge in [0.2, 0.25) is 0 Å². The lowest BCUT2D eigenvalue weighted by atomic mass is 10.1. The second kappa shape index (κ2) is 7.20. The van der Waals surface area contributed by atoms with Crippen LogP contribution in [0.3, 0.4) is 0 Å². The molecule has 0 radical (unpaired) electrons. The Morgan fingerprint density at radius 1 is 1.20 bits per heavy atom. The summed E-state index contributed by atoms with van der Waals surface area (Å²) in [5.74, 6) is 0. The van der Waals surface area contributed by atoms with Crippen LogP contribution >= 0.6 is 0 Å². The lowest BCUT2D eigenvalue weighted by Crippen LogP contribution is -2.52. The van der Waals surface area contributed by atoms with Crippen LogP contribution in [-0.4, -0.2) is 52.8 Å². The Morgan fingerprint density at radius 2 is 1.84 bits per heavy atom. The van der Waals surface area contributed by atoms with Crippen molar-refractivity contribution in [3.05, 3.63) is 42.5 Å². The van der Waals surface area contributed by atoms with E-state index in [9.17, 15) is 8.42 Å². The van der Waals surface area contributed by atoms with Crippen LogP contribution in [0, 0.1) is 0 Å². The van der Waals surface area contributed by atoms with Gasteiger partial charge in [0.05, 0.1) is 17.9 Å². The smallest absolute Gasteiger partial charge is 0.280 e. The summed E-state index contributed by atoms with van der Waals surface area (Å²) in [7, 11) is -3.57. The van der Waals surface area contributed by atoms with Crippen molar-refractivity contribution in [2.75, 3.05) is 13.1 Å². The largest absolute Gasteiger partial charge is 0.373 e. The fourth-order valence-electron chi connectivity index (χ4n) is 2.95. The molecule has 25 heavy (non-hydrogen) atoms. The number of morpholine rings is 1. The third-order valence-electron chi connectivity index (χ3n) is 4.13. The maximum Gasteiger partial charge on any atom is 0.280 e. The van der Waals surface area contributed by atoms with E-state index in [2.05, 4.69) is 14.8 Å². The average molecular weight is 365 g/mol. The van der Waals surface area contributed by atoms with Gasteiger partial charge in [-0.3, -0.25) is 0 Å². The minimum absolute atomic E-state index is 0.113. The standard InChI is InChI=1S/C16H23N5O3S/c1-12-8-20(9-13(2)24-12)25(22,23)19-14(3)15-4-6-16(7-5-15)21-11-17-10-18-21/h4-7,10-14,19H,8-9H2,1-3H3/t12-,13+,14-/m1/s1. The van der Waals surface area contributed by atoms with Crippen molar-refractivity contribution in [2.24, 2.45) is 0 Å². The minimum Gasteiger partial charge on any atom is -0.373 e. The van der Waals surface area contributed by atoms with E-state index < -0.39 is 10.2 Å². The Morgan fingerprint density at radius 3 is 2.40 bits per heavy atom. The molecule has 1 aliphatic rings. The molecule has 0 aliphatic carbocycles. The first kappa shape index (κ1) is 18.0. The van der Waals surface area contributed by atoms with Crippen LogP contribution in [0.4, 0.5) is 0 Å². The van der Waals surface area contributed by atoms with Gasteiger partial charge in [0.1, 0.15) is 12.7 Å². The molecule has 2 heterocycles. The van der Waals surface area contributed by atoms with E-state index in [0.29, 0.717) is 13.1 Å². The van der Waals surface area contributed by atoms with E-state index in [4.69, 9.17) is 4.74 Å². The maximum atomic E-state index is 12.7. The molecule has 3 rings (SSSR count). The molecule has 0 spiro atoms. The van der Waals surface area contributed by atoms with E-state index in [1.165, 1.54) is 10.6 Å². The summed E-state index contributed by atoms with van der Waals surface area (Å²) in [5, 5.41) is 4.07. The third kappa shape index (κ3) is 4.24. The summed E-state index contributed by atoms with van der Waals surface area (Å²) < 4.78 is 36.7. The van der Waals surface area contributed by atoms with Crippen molar-refractivity contribution in [2.45, 2.75) is 39.0 Å². The summed E-state index contributed by atoms with van der Waals surface area (Å²) in [6, 6.07) is 7.19. The van der Waals surface area contributed by atoms with Crippen LogP contribution in [-0.2, 0) is 14.9 Å². The van der Waals surface area contributed by atoms with Gasteiger partial charge in [-0.05, 0) is 38.5 Å². The summed E-state index contributed by atoms with van der Waals surface area (Å²) in [5.41, 5.74) is 1.74. The molecule has 136 valence electrons. The number of hydrogen-bond donors (Lipinski definition) is 1. The minimum atomic E-state index is -3.57. The lowest BCUT2D eigenvalue weighted by Gasteiger charge is -2.35. The van der Waals surface area contributed by atoms with E-state index in [1.807, 2.05) is 45.0 Å². The van der Waals surface area contributed by atoms with E-state index in [-0.39, 0.29) is 18.2 Å². The zero-order valence-electron chi connectivity index (χ0n) is 14.5. The number of aromatic nitrogens is 3. The van der Waals surface area contributed by atoms with Crippen molar-refractivity contribution in [3.8, 4) is 5.69 Å². The quantitative estimate of drug-likeness (QED) is 0.862. The van der Waals surface area contributed by atoms with Crippen LogP contribution in [0.25, 0.3) is 5.69 Å². The van der Waals surface area contributed by atoms with E-state index in [1.54, 1.807) is 11.0 Å². The Hall–Kier alpha value is -1.81. The number of hydrogen-bond acceptors (Lipinski definition) is 5. The predicted molar refractivity (Wildman–Crippen MR) is 93.4 cm³/mol. The van der Waals surface area contributed by atoms with Gasteiger partial charge in [0.15, 0.2) is 0 Å². The van der Waals surface area contributed by atoms with Gasteiger partial charge >= 0.3 is 0 Å². The van der Waals surface area contributed by atoms with Crippen molar-refractivity contribution in [1.29, 1.82) is 0 Å². The van der Waals surface area contributed by atoms with Gasteiger partial charge in [0.25, 0.3) is 10.2 Å². The zero-order valence-corrected chi connectivity index (χ0v) is 15.3. The maximum absolute atomic E-state index is 12.7. The highest BCUT2D eigenvalue weighted by molar-refractivity contribution is 7.87. The van der Waals surface area contributed by atoms with Gasteiger partial charge in [-0.25, -0.2) is 9.67 Å². The normalized spacial score (nSPS) is 23.5. The summed E-state index contributed by atoms with van der Waals surface area (Å²) in [4.78, 5) is 3.91. The number of nitrogens with zero attached hydrogens (tertiary/aromatic N) is 4. The second-order valence-electron chi connectivity index (χ2n) is 6.35. The topological polar surface area (TPSA) is 89.4 Å². The van der Waals surface area contributed by atoms with Gasteiger partial charge in [-0.2, -0.15) is 22.5 Å². The van der Waals surface area contributed by atoms with Crippen molar-refractivity contribution < 1.29 is 13.2 Å². The highest BCUT2D eigenvalue weighted by atomic mass is 32.2. The Labute approximate surface area is 148 Å².